The van der Waals surface area contributed by atoms with E-state index in [1.54, 1.807) is 36.7 Å². The largest absolute Gasteiger partial charge is 0.456 e. The van der Waals surface area contributed by atoms with Gasteiger partial charge >= 0.3 is 0 Å². The average Bonchev–Trinajstić information content (AvgIpc) is 2.68. The summed E-state index contributed by atoms with van der Waals surface area (Å²) in [6.07, 6.45) is 6.39. The molecule has 1 aromatic heterocycles. The van der Waals surface area contributed by atoms with E-state index in [0.717, 1.165) is 11.1 Å². The number of aromatic nitrogens is 1. The van der Waals surface area contributed by atoms with E-state index in [1.807, 2.05) is 37.3 Å². The minimum atomic E-state index is -0.307. The van der Waals surface area contributed by atoms with Crippen LogP contribution in [0.25, 0.3) is 6.08 Å². The molecule has 2 aromatic carbocycles. The first kappa shape index (κ1) is 18.3. The van der Waals surface area contributed by atoms with Gasteiger partial charge in [-0.3, -0.25) is 9.78 Å². The third kappa shape index (κ3) is 5.51. The number of carbonyl (C=O) groups is 1. The fourth-order valence-corrected chi connectivity index (χ4v) is 2.48. The number of ether oxygens (including phenoxy) is 1. The van der Waals surface area contributed by atoms with Crippen molar-refractivity contribution in [2.75, 3.05) is 0 Å². The van der Waals surface area contributed by atoms with Gasteiger partial charge in [-0.15, -0.1) is 0 Å². The quantitative estimate of drug-likeness (QED) is 0.634. The molecule has 1 unspecified atom stereocenters. The second-order valence-corrected chi connectivity index (χ2v) is 5.98. The molecule has 1 heterocycles. The Morgan fingerprint density at radius 1 is 1.11 bits per heavy atom. The van der Waals surface area contributed by atoms with Crippen LogP contribution >= 0.6 is 0 Å². The first-order valence-corrected chi connectivity index (χ1v) is 8.52. The molecular weight excluding hydrogens is 343 g/mol. The van der Waals surface area contributed by atoms with Crippen LogP contribution in [0.2, 0.25) is 0 Å². The van der Waals surface area contributed by atoms with E-state index in [2.05, 4.69) is 10.3 Å². The van der Waals surface area contributed by atoms with Crippen molar-refractivity contribution in [1.82, 2.24) is 10.3 Å². The van der Waals surface area contributed by atoms with Crippen molar-refractivity contribution in [3.63, 3.8) is 0 Å². The van der Waals surface area contributed by atoms with Gasteiger partial charge < -0.3 is 10.1 Å². The highest BCUT2D eigenvalue weighted by Crippen LogP contribution is 2.24. The van der Waals surface area contributed by atoms with Crippen molar-refractivity contribution in [2.24, 2.45) is 0 Å². The summed E-state index contributed by atoms with van der Waals surface area (Å²) >= 11 is 0. The summed E-state index contributed by atoms with van der Waals surface area (Å²) in [5.74, 6) is 0.779. The summed E-state index contributed by atoms with van der Waals surface area (Å²) in [4.78, 5) is 16.1. The maximum Gasteiger partial charge on any atom is 0.244 e. The maximum atomic E-state index is 12.9. The lowest BCUT2D eigenvalue weighted by Gasteiger charge is -2.14. The SMILES string of the molecule is CC(NC(=O)/C=C/c1ccc(F)cc1)c1cccc(Oc2cccnc2)c1. The number of carbonyl (C=O) groups excluding carboxylic acids is 1. The van der Waals surface area contributed by atoms with Crippen LogP contribution in [0.15, 0.2) is 79.1 Å². The van der Waals surface area contributed by atoms with Gasteiger partial charge in [0.25, 0.3) is 0 Å². The Hall–Kier alpha value is -3.47. The Labute approximate surface area is 157 Å². The predicted octanol–water partition coefficient (Wildman–Crippen LogP) is 4.90. The molecule has 0 radical (unpaired) electrons. The van der Waals surface area contributed by atoms with Crippen LogP contribution in [0.1, 0.15) is 24.1 Å². The number of nitrogens with zero attached hydrogens (tertiary/aromatic N) is 1. The number of pyridine rings is 1. The molecule has 0 aliphatic heterocycles. The molecule has 0 aliphatic carbocycles. The first-order chi connectivity index (χ1) is 13.1. The number of halogens is 1. The second-order valence-electron chi connectivity index (χ2n) is 5.98. The van der Waals surface area contributed by atoms with Crippen LogP contribution in [0, 0.1) is 5.82 Å². The summed E-state index contributed by atoms with van der Waals surface area (Å²) < 4.78 is 18.7. The van der Waals surface area contributed by atoms with E-state index >= 15 is 0 Å². The van der Waals surface area contributed by atoms with Crippen LogP contribution in [0.3, 0.4) is 0 Å². The number of benzene rings is 2. The lowest BCUT2D eigenvalue weighted by molar-refractivity contribution is -0.117. The van der Waals surface area contributed by atoms with Gasteiger partial charge in [0.15, 0.2) is 0 Å². The van der Waals surface area contributed by atoms with Gasteiger partial charge in [-0.1, -0.05) is 24.3 Å². The maximum absolute atomic E-state index is 12.9. The third-order valence-corrected chi connectivity index (χ3v) is 3.88. The molecule has 4 nitrogen and oxygen atoms in total. The van der Waals surface area contributed by atoms with Crippen LogP contribution < -0.4 is 10.1 Å². The summed E-state index contributed by atoms with van der Waals surface area (Å²) in [6.45, 7) is 1.90. The van der Waals surface area contributed by atoms with Gasteiger partial charge in [0.05, 0.1) is 12.2 Å². The van der Waals surface area contributed by atoms with Crippen LogP contribution in [-0.4, -0.2) is 10.9 Å². The number of hydrogen-bond acceptors (Lipinski definition) is 3. The zero-order valence-corrected chi connectivity index (χ0v) is 14.8. The number of rotatable bonds is 6. The van der Waals surface area contributed by atoms with Crippen molar-refractivity contribution in [3.8, 4) is 11.5 Å². The van der Waals surface area contributed by atoms with Crippen molar-refractivity contribution in [2.45, 2.75) is 13.0 Å². The average molecular weight is 362 g/mol. The zero-order chi connectivity index (χ0) is 19.1. The Kier molecular flexibility index (Phi) is 5.94. The van der Waals surface area contributed by atoms with Gasteiger partial charge in [0.1, 0.15) is 17.3 Å². The van der Waals surface area contributed by atoms with Gasteiger partial charge in [-0.2, -0.15) is 0 Å². The second kappa shape index (κ2) is 8.76. The van der Waals surface area contributed by atoms with Crippen molar-refractivity contribution < 1.29 is 13.9 Å². The predicted molar refractivity (Wildman–Crippen MR) is 103 cm³/mol. The van der Waals surface area contributed by atoms with Gasteiger partial charge in [-0.25, -0.2) is 4.39 Å². The molecule has 0 saturated carbocycles. The Bertz CT molecular complexity index is 925. The van der Waals surface area contributed by atoms with Gasteiger partial charge in [0, 0.05) is 12.3 Å². The van der Waals surface area contributed by atoms with E-state index in [1.165, 1.54) is 18.2 Å². The van der Waals surface area contributed by atoms with Crippen molar-refractivity contribution in [1.29, 1.82) is 0 Å². The highest BCUT2D eigenvalue weighted by Gasteiger charge is 2.09. The van der Waals surface area contributed by atoms with Gasteiger partial charge in [-0.05, 0) is 60.5 Å². The third-order valence-electron chi connectivity index (χ3n) is 3.88. The molecule has 0 fully saturated rings. The molecule has 3 rings (SSSR count). The van der Waals surface area contributed by atoms with Crippen molar-refractivity contribution >= 4 is 12.0 Å². The van der Waals surface area contributed by atoms with E-state index in [9.17, 15) is 9.18 Å². The topological polar surface area (TPSA) is 51.2 Å². The molecule has 0 spiro atoms. The monoisotopic (exact) mass is 362 g/mol. The normalized spacial score (nSPS) is 11.9. The van der Waals surface area contributed by atoms with E-state index in [4.69, 9.17) is 4.74 Å². The molecule has 1 atom stereocenters. The molecule has 0 bridgehead atoms. The molecule has 5 heteroatoms. The van der Waals surface area contributed by atoms with Crippen LogP contribution in [0.5, 0.6) is 11.5 Å². The summed E-state index contributed by atoms with van der Waals surface area (Å²) in [5, 5.41) is 2.90. The summed E-state index contributed by atoms with van der Waals surface area (Å²) in [5.41, 5.74) is 1.67. The number of hydrogen-bond donors (Lipinski definition) is 1. The molecule has 0 saturated heterocycles. The Morgan fingerprint density at radius 3 is 2.63 bits per heavy atom. The first-order valence-electron chi connectivity index (χ1n) is 8.52. The standard InChI is InChI=1S/C22H19FN2O2/c1-16(25-22(26)12-9-17-7-10-19(23)11-8-17)18-4-2-5-20(14-18)27-21-6-3-13-24-15-21/h2-16H,1H3,(H,25,26)/b12-9+. The minimum Gasteiger partial charge on any atom is -0.456 e. The molecule has 3 aromatic rings. The fraction of sp³-hybridized carbons (Fsp3) is 0.0909. The zero-order valence-electron chi connectivity index (χ0n) is 14.8. The van der Waals surface area contributed by atoms with Crippen LogP contribution in [0.4, 0.5) is 4.39 Å². The van der Waals surface area contributed by atoms with E-state index in [0.29, 0.717) is 11.5 Å². The number of nitrogens with one attached hydrogen (secondary N) is 1. The lowest BCUT2D eigenvalue weighted by Crippen LogP contribution is -2.24. The van der Waals surface area contributed by atoms with Crippen molar-refractivity contribution in [3.05, 3.63) is 96.1 Å². The van der Waals surface area contributed by atoms with E-state index < -0.39 is 0 Å². The lowest BCUT2D eigenvalue weighted by atomic mass is 10.1. The molecular formula is C22H19FN2O2. The minimum absolute atomic E-state index is 0.201. The molecule has 136 valence electrons. The molecule has 1 amide bonds. The summed E-state index contributed by atoms with van der Waals surface area (Å²) in [7, 11) is 0. The molecule has 27 heavy (non-hydrogen) atoms. The van der Waals surface area contributed by atoms with Crippen LogP contribution in [-0.2, 0) is 4.79 Å². The Balaban J connectivity index is 1.61. The molecule has 0 aliphatic rings. The van der Waals surface area contributed by atoms with Gasteiger partial charge in [0.2, 0.25) is 5.91 Å². The molecule has 1 N–H and O–H groups in total. The smallest absolute Gasteiger partial charge is 0.244 e. The van der Waals surface area contributed by atoms with E-state index in [-0.39, 0.29) is 17.8 Å². The summed E-state index contributed by atoms with van der Waals surface area (Å²) in [6, 6.07) is 16.9. The highest BCUT2D eigenvalue weighted by molar-refractivity contribution is 5.91. The number of amides is 1. The Morgan fingerprint density at radius 2 is 1.89 bits per heavy atom. The fourth-order valence-electron chi connectivity index (χ4n) is 2.48. The highest BCUT2D eigenvalue weighted by atomic mass is 19.1.